The molecule has 0 amide bonds. The van der Waals surface area contributed by atoms with Gasteiger partial charge in [0.15, 0.2) is 0 Å². The summed E-state index contributed by atoms with van der Waals surface area (Å²) in [4.78, 5) is 0. The average Bonchev–Trinajstić information content (AvgIpc) is 2.36. The van der Waals surface area contributed by atoms with Crippen LogP contribution < -0.4 is 0 Å². The van der Waals surface area contributed by atoms with E-state index in [0.717, 1.165) is 11.8 Å². The molecule has 2 rings (SSSR count). The van der Waals surface area contributed by atoms with E-state index >= 15 is 0 Å². The summed E-state index contributed by atoms with van der Waals surface area (Å²) >= 11 is 0. The van der Waals surface area contributed by atoms with Gasteiger partial charge in [0, 0.05) is 0 Å². The molecule has 0 N–H and O–H groups in total. The molecule has 0 aliphatic heterocycles. The summed E-state index contributed by atoms with van der Waals surface area (Å²) in [6.45, 7) is 10.2. The van der Waals surface area contributed by atoms with Gasteiger partial charge < -0.3 is 0 Å². The van der Waals surface area contributed by atoms with Crippen molar-refractivity contribution in [2.75, 3.05) is 0 Å². The summed E-state index contributed by atoms with van der Waals surface area (Å²) in [6.07, 6.45) is 4.58. The van der Waals surface area contributed by atoms with Gasteiger partial charge in [0.1, 0.15) is 0 Å². The highest BCUT2D eigenvalue weighted by molar-refractivity contribution is 5.38. The van der Waals surface area contributed by atoms with Gasteiger partial charge in [-0.3, -0.25) is 0 Å². The molecule has 2 aliphatic carbocycles. The van der Waals surface area contributed by atoms with E-state index in [4.69, 9.17) is 0 Å². The smallest absolute Gasteiger partial charge is 0.00799 e. The highest BCUT2D eigenvalue weighted by atomic mass is 14.7. The van der Waals surface area contributed by atoms with Crippen LogP contribution in [0.15, 0.2) is 24.8 Å². The lowest BCUT2D eigenvalue weighted by Crippen LogP contribution is -2.28. The third-order valence-corrected chi connectivity index (χ3v) is 3.22. The Bertz CT molecular complexity index is 202. The summed E-state index contributed by atoms with van der Waals surface area (Å²) in [7, 11) is 0. The molecule has 54 valence electrons. The average molecular weight is 134 g/mol. The zero-order chi connectivity index (χ0) is 7.35. The minimum Gasteiger partial charge on any atom is -0.103 e. The van der Waals surface area contributed by atoms with Crippen LogP contribution in [-0.4, -0.2) is 0 Å². The van der Waals surface area contributed by atoms with Crippen molar-refractivity contribution in [3.8, 4) is 0 Å². The van der Waals surface area contributed by atoms with Crippen molar-refractivity contribution < 1.29 is 0 Å². The monoisotopic (exact) mass is 134 g/mol. The number of rotatable bonds is 2. The van der Waals surface area contributed by atoms with Crippen molar-refractivity contribution in [3.05, 3.63) is 24.8 Å². The van der Waals surface area contributed by atoms with Crippen LogP contribution in [0.2, 0.25) is 0 Å². The van der Waals surface area contributed by atoms with E-state index in [0.29, 0.717) is 5.41 Å². The normalized spacial score (nSPS) is 49.5. The number of fused-ring (bicyclic) bond motifs is 1. The standard InChI is InChI=1S/C10H14/c1-4-5-10(3)6-8-7(2)9(8)10/h4,8-9H,1-2,5-6H2,3H3. The summed E-state index contributed by atoms with van der Waals surface area (Å²) in [5, 5.41) is 0. The van der Waals surface area contributed by atoms with Crippen molar-refractivity contribution >= 4 is 0 Å². The van der Waals surface area contributed by atoms with Crippen molar-refractivity contribution in [3.63, 3.8) is 0 Å². The van der Waals surface area contributed by atoms with Crippen LogP contribution in [0.25, 0.3) is 0 Å². The van der Waals surface area contributed by atoms with Gasteiger partial charge in [-0.15, -0.1) is 6.58 Å². The molecule has 0 heteroatoms. The number of hydrogen-bond donors (Lipinski definition) is 0. The summed E-state index contributed by atoms with van der Waals surface area (Å²) < 4.78 is 0. The van der Waals surface area contributed by atoms with E-state index in [1.807, 2.05) is 6.08 Å². The van der Waals surface area contributed by atoms with Crippen LogP contribution in [0.5, 0.6) is 0 Å². The first-order valence-corrected chi connectivity index (χ1v) is 3.98. The molecule has 0 bridgehead atoms. The number of allylic oxidation sites excluding steroid dienone is 2. The summed E-state index contributed by atoms with van der Waals surface area (Å²) in [6, 6.07) is 0. The number of hydrogen-bond acceptors (Lipinski definition) is 0. The Balaban J connectivity index is 2.07. The largest absolute Gasteiger partial charge is 0.103 e. The maximum atomic E-state index is 4.03. The Morgan fingerprint density at radius 3 is 2.80 bits per heavy atom. The van der Waals surface area contributed by atoms with E-state index in [2.05, 4.69) is 20.1 Å². The van der Waals surface area contributed by atoms with Crippen LogP contribution in [-0.2, 0) is 0 Å². The highest BCUT2D eigenvalue weighted by Crippen LogP contribution is 2.71. The summed E-state index contributed by atoms with van der Waals surface area (Å²) in [5.41, 5.74) is 2.06. The van der Waals surface area contributed by atoms with Gasteiger partial charge in [0.05, 0.1) is 0 Å². The van der Waals surface area contributed by atoms with Crippen LogP contribution in [0.3, 0.4) is 0 Å². The molecule has 2 fully saturated rings. The Hall–Kier alpha value is -0.520. The molecule has 10 heavy (non-hydrogen) atoms. The fourth-order valence-electron chi connectivity index (χ4n) is 2.57. The van der Waals surface area contributed by atoms with E-state index in [9.17, 15) is 0 Å². The molecular weight excluding hydrogens is 120 g/mol. The van der Waals surface area contributed by atoms with Crippen LogP contribution in [0.1, 0.15) is 19.8 Å². The van der Waals surface area contributed by atoms with Gasteiger partial charge >= 0.3 is 0 Å². The van der Waals surface area contributed by atoms with Crippen LogP contribution in [0, 0.1) is 17.3 Å². The zero-order valence-corrected chi connectivity index (χ0v) is 6.56. The third kappa shape index (κ3) is 0.524. The molecule has 0 aromatic heterocycles. The molecule has 0 aromatic carbocycles. The molecule has 2 saturated carbocycles. The predicted molar refractivity (Wildman–Crippen MR) is 43.7 cm³/mol. The van der Waals surface area contributed by atoms with E-state index in [1.54, 1.807) is 0 Å². The molecule has 0 aromatic rings. The lowest BCUT2D eigenvalue weighted by molar-refractivity contribution is 0.143. The van der Waals surface area contributed by atoms with Crippen LogP contribution in [0.4, 0.5) is 0 Å². The first-order valence-electron chi connectivity index (χ1n) is 3.98. The Morgan fingerprint density at radius 1 is 1.80 bits per heavy atom. The Kier molecular flexibility index (Phi) is 0.964. The maximum Gasteiger partial charge on any atom is -0.00799 e. The molecule has 2 aliphatic rings. The van der Waals surface area contributed by atoms with Gasteiger partial charge in [-0.1, -0.05) is 25.2 Å². The van der Waals surface area contributed by atoms with Gasteiger partial charge in [-0.2, -0.15) is 0 Å². The molecule has 0 saturated heterocycles. The third-order valence-electron chi connectivity index (χ3n) is 3.22. The summed E-state index contributed by atoms with van der Waals surface area (Å²) in [5.74, 6) is 1.77. The Labute approximate surface area is 62.6 Å². The minimum absolute atomic E-state index is 0.559. The highest BCUT2D eigenvalue weighted by Gasteiger charge is 2.63. The van der Waals surface area contributed by atoms with Crippen molar-refractivity contribution in [1.82, 2.24) is 0 Å². The lowest BCUT2D eigenvalue weighted by atomic mass is 9.68. The van der Waals surface area contributed by atoms with Crippen molar-refractivity contribution in [1.29, 1.82) is 0 Å². The fourth-order valence-corrected chi connectivity index (χ4v) is 2.57. The first kappa shape index (κ1) is 6.21. The van der Waals surface area contributed by atoms with Gasteiger partial charge in [-0.05, 0) is 30.1 Å². The van der Waals surface area contributed by atoms with E-state index in [1.165, 1.54) is 18.4 Å². The Morgan fingerprint density at radius 2 is 2.50 bits per heavy atom. The maximum absolute atomic E-state index is 4.03. The molecule has 3 atom stereocenters. The topological polar surface area (TPSA) is 0 Å². The lowest BCUT2D eigenvalue weighted by Gasteiger charge is -2.36. The van der Waals surface area contributed by atoms with Crippen molar-refractivity contribution in [2.24, 2.45) is 17.3 Å². The first-order chi connectivity index (χ1) is 4.69. The van der Waals surface area contributed by atoms with Crippen LogP contribution >= 0.6 is 0 Å². The molecular formula is C10H14. The minimum atomic E-state index is 0.559. The van der Waals surface area contributed by atoms with Gasteiger partial charge in [0.2, 0.25) is 0 Å². The molecule has 3 unspecified atom stereocenters. The van der Waals surface area contributed by atoms with E-state index < -0.39 is 0 Å². The van der Waals surface area contributed by atoms with Gasteiger partial charge in [-0.25, -0.2) is 0 Å². The quantitative estimate of drug-likeness (QED) is 0.509. The molecule has 0 heterocycles. The zero-order valence-electron chi connectivity index (χ0n) is 6.56. The molecule has 0 radical (unpaired) electrons. The van der Waals surface area contributed by atoms with E-state index in [-0.39, 0.29) is 0 Å². The fraction of sp³-hybridized carbons (Fsp3) is 0.600. The van der Waals surface area contributed by atoms with Crippen molar-refractivity contribution in [2.45, 2.75) is 19.8 Å². The molecule has 0 nitrogen and oxygen atoms in total. The predicted octanol–water partition coefficient (Wildman–Crippen LogP) is 2.77. The van der Waals surface area contributed by atoms with Gasteiger partial charge in [0.25, 0.3) is 0 Å². The second-order valence-corrected chi connectivity index (χ2v) is 4.01. The second kappa shape index (κ2) is 1.55. The SMILES string of the molecule is C=CCC1(C)CC2C(=C)C21. The second-order valence-electron chi connectivity index (χ2n) is 4.01. The molecule has 0 spiro atoms.